The van der Waals surface area contributed by atoms with Crippen LogP contribution in [-0.2, 0) is 6.42 Å². The summed E-state index contributed by atoms with van der Waals surface area (Å²) in [5.74, 6) is 0. The van der Waals surface area contributed by atoms with E-state index in [1.54, 1.807) is 22.8 Å². The Balaban J connectivity index is 1.98. The topological polar surface area (TPSA) is 34.5 Å². The molecule has 0 unspecified atom stereocenters. The first-order valence-electron chi connectivity index (χ1n) is 5.72. The van der Waals surface area contributed by atoms with Crippen LogP contribution in [0.3, 0.4) is 0 Å². The first-order chi connectivity index (χ1) is 9.26. The van der Waals surface area contributed by atoms with Crippen molar-refractivity contribution in [3.63, 3.8) is 0 Å². The maximum absolute atomic E-state index is 7.02. The lowest BCUT2D eigenvalue weighted by atomic mass is 10.1. The minimum Gasteiger partial charge on any atom is -0.238 e. The molecule has 0 fully saturated rings. The lowest BCUT2D eigenvalue weighted by Crippen LogP contribution is -1.98. The van der Waals surface area contributed by atoms with Crippen LogP contribution in [-0.4, -0.2) is 14.6 Å². The normalized spacial score (nSPS) is 10.5. The van der Waals surface area contributed by atoms with Gasteiger partial charge in [-0.2, -0.15) is 5.10 Å². The highest BCUT2D eigenvalue weighted by molar-refractivity contribution is 6.29. The molecule has 0 bridgehead atoms. The second-order valence-electron chi connectivity index (χ2n) is 4.13. The van der Waals surface area contributed by atoms with E-state index in [1.807, 2.05) is 24.3 Å². The number of nitrogens with zero attached hydrogens (tertiary/aromatic N) is 4. The number of aromatic nitrogens is 3. The van der Waals surface area contributed by atoms with Crippen molar-refractivity contribution in [2.45, 2.75) is 6.42 Å². The first kappa shape index (κ1) is 11.7. The summed E-state index contributed by atoms with van der Waals surface area (Å²) in [7, 11) is 0. The summed E-state index contributed by atoms with van der Waals surface area (Å²) in [6, 6.07) is 11.1. The molecular weight excluding hydrogens is 260 g/mol. The third-order valence-corrected chi connectivity index (χ3v) is 3.06. The predicted octanol–water partition coefficient (Wildman–Crippen LogP) is 3.52. The van der Waals surface area contributed by atoms with E-state index < -0.39 is 0 Å². The Morgan fingerprint density at radius 3 is 3.00 bits per heavy atom. The monoisotopic (exact) mass is 268 g/mol. The average Bonchev–Trinajstić information content (AvgIpc) is 2.88. The Morgan fingerprint density at radius 1 is 1.26 bits per heavy atom. The van der Waals surface area contributed by atoms with Crippen molar-refractivity contribution in [2.75, 3.05) is 0 Å². The summed E-state index contributed by atoms with van der Waals surface area (Å²) in [4.78, 5) is 7.91. The summed E-state index contributed by atoms with van der Waals surface area (Å²) in [6.07, 6.45) is 2.31. The van der Waals surface area contributed by atoms with E-state index in [1.165, 1.54) is 0 Å². The summed E-state index contributed by atoms with van der Waals surface area (Å²) in [6.45, 7) is 7.02. The molecule has 3 aromatic rings. The lowest BCUT2D eigenvalue weighted by Gasteiger charge is -2.04. The molecule has 0 N–H and O–H groups in total. The van der Waals surface area contributed by atoms with Crippen LogP contribution in [0.15, 0.2) is 42.6 Å². The van der Waals surface area contributed by atoms with Gasteiger partial charge in [0.15, 0.2) is 11.3 Å². The van der Waals surface area contributed by atoms with Gasteiger partial charge in [0.2, 0.25) is 0 Å². The lowest BCUT2D eigenvalue weighted by molar-refractivity contribution is 0.919. The number of rotatable bonds is 2. The largest absolute Gasteiger partial charge is 0.238 e. The molecule has 2 heterocycles. The molecule has 0 spiro atoms. The van der Waals surface area contributed by atoms with Crippen LogP contribution in [0.25, 0.3) is 10.5 Å². The first-order valence-corrected chi connectivity index (χ1v) is 6.09. The van der Waals surface area contributed by atoms with Crippen LogP contribution in [0.4, 0.5) is 5.69 Å². The fraction of sp³-hybridized carbons (Fsp3) is 0.0714. The Kier molecular flexibility index (Phi) is 2.90. The van der Waals surface area contributed by atoms with Gasteiger partial charge in [-0.25, -0.2) is 14.3 Å². The summed E-state index contributed by atoms with van der Waals surface area (Å²) < 4.78 is 1.58. The molecule has 0 saturated heterocycles. The van der Waals surface area contributed by atoms with E-state index in [4.69, 9.17) is 18.2 Å². The van der Waals surface area contributed by atoms with Crippen molar-refractivity contribution < 1.29 is 0 Å². The molecule has 4 nitrogen and oxygen atoms in total. The zero-order valence-corrected chi connectivity index (χ0v) is 10.7. The Hall–Kier alpha value is -2.38. The van der Waals surface area contributed by atoms with Crippen LogP contribution in [0, 0.1) is 6.57 Å². The maximum atomic E-state index is 7.02. The molecule has 3 rings (SSSR count). The van der Waals surface area contributed by atoms with Gasteiger partial charge in [-0.1, -0.05) is 41.4 Å². The summed E-state index contributed by atoms with van der Waals surface area (Å²) in [5, 5.41) is 4.61. The zero-order chi connectivity index (χ0) is 13.2. The summed E-state index contributed by atoms with van der Waals surface area (Å²) in [5.41, 5.74) is 3.26. The van der Waals surface area contributed by atoms with Crippen LogP contribution in [0.1, 0.15) is 11.3 Å². The second-order valence-corrected chi connectivity index (χ2v) is 4.52. The zero-order valence-electron chi connectivity index (χ0n) is 9.92. The highest BCUT2D eigenvalue weighted by atomic mass is 35.5. The molecule has 0 aliphatic carbocycles. The molecule has 0 amide bonds. The number of halogens is 1. The van der Waals surface area contributed by atoms with E-state index in [2.05, 4.69) is 14.9 Å². The van der Waals surface area contributed by atoms with Crippen LogP contribution < -0.4 is 0 Å². The molecule has 1 aromatic carbocycles. The van der Waals surface area contributed by atoms with Crippen LogP contribution in [0.2, 0.25) is 5.15 Å². The highest BCUT2D eigenvalue weighted by Crippen LogP contribution is 2.18. The van der Waals surface area contributed by atoms with Crippen molar-refractivity contribution in [3.8, 4) is 0 Å². The number of hydrogen-bond acceptors (Lipinski definition) is 2. The average molecular weight is 269 g/mol. The Labute approximate surface area is 115 Å². The van der Waals surface area contributed by atoms with Crippen molar-refractivity contribution in [1.29, 1.82) is 0 Å². The molecule has 0 radical (unpaired) electrons. The van der Waals surface area contributed by atoms with E-state index in [9.17, 15) is 0 Å². The maximum Gasteiger partial charge on any atom is 0.187 e. The third-order valence-electron chi connectivity index (χ3n) is 2.79. The van der Waals surface area contributed by atoms with Crippen LogP contribution in [0.5, 0.6) is 0 Å². The molecule has 0 saturated carbocycles. The van der Waals surface area contributed by atoms with Crippen molar-refractivity contribution in [3.05, 3.63) is 70.4 Å². The summed E-state index contributed by atoms with van der Waals surface area (Å²) >= 11 is 6.14. The van der Waals surface area contributed by atoms with Gasteiger partial charge in [-0.3, -0.25) is 0 Å². The molecular formula is C14H9ClN4. The quantitative estimate of drug-likeness (QED) is 0.526. The van der Waals surface area contributed by atoms with Gasteiger partial charge in [0.25, 0.3) is 0 Å². The fourth-order valence-electron chi connectivity index (χ4n) is 1.96. The third kappa shape index (κ3) is 2.28. The van der Waals surface area contributed by atoms with Gasteiger partial charge in [0, 0.05) is 12.5 Å². The molecule has 0 atom stereocenters. The number of benzene rings is 1. The van der Waals surface area contributed by atoms with E-state index in [-0.39, 0.29) is 0 Å². The molecule has 19 heavy (non-hydrogen) atoms. The van der Waals surface area contributed by atoms with Crippen molar-refractivity contribution >= 4 is 22.9 Å². The Bertz CT molecular complexity index is 785. The Morgan fingerprint density at radius 2 is 2.16 bits per heavy atom. The molecule has 92 valence electrons. The smallest absolute Gasteiger partial charge is 0.187 e. The van der Waals surface area contributed by atoms with E-state index in [0.717, 1.165) is 16.9 Å². The van der Waals surface area contributed by atoms with Gasteiger partial charge < -0.3 is 0 Å². The van der Waals surface area contributed by atoms with Gasteiger partial charge in [-0.05, 0) is 6.07 Å². The second kappa shape index (κ2) is 4.71. The van der Waals surface area contributed by atoms with Gasteiger partial charge in [0.05, 0.1) is 18.5 Å². The van der Waals surface area contributed by atoms with Gasteiger partial charge in [0.1, 0.15) is 5.15 Å². The minimum absolute atomic E-state index is 0.534. The van der Waals surface area contributed by atoms with E-state index >= 15 is 0 Å². The van der Waals surface area contributed by atoms with E-state index in [0.29, 0.717) is 17.3 Å². The van der Waals surface area contributed by atoms with Crippen molar-refractivity contribution in [1.82, 2.24) is 14.6 Å². The predicted molar refractivity (Wildman–Crippen MR) is 73.5 cm³/mol. The SMILES string of the molecule is [C-]#[N+]c1cccc(Cc2cc(Cl)n3nccc3n2)c1. The number of fused-ring (bicyclic) bond motifs is 1. The van der Waals surface area contributed by atoms with Gasteiger partial charge >= 0.3 is 0 Å². The molecule has 0 aliphatic rings. The molecule has 5 heteroatoms. The van der Waals surface area contributed by atoms with Crippen LogP contribution >= 0.6 is 11.6 Å². The highest BCUT2D eigenvalue weighted by Gasteiger charge is 2.05. The van der Waals surface area contributed by atoms with Crippen molar-refractivity contribution in [2.24, 2.45) is 0 Å². The fourth-order valence-corrected chi connectivity index (χ4v) is 2.22. The number of hydrogen-bond donors (Lipinski definition) is 0. The standard InChI is InChI=1S/C14H9ClN4/c1-16-11-4-2-3-10(7-11)8-12-9-13(15)19-14(18-12)5-6-17-19/h2-7,9H,8H2. The molecule has 0 aliphatic heterocycles. The minimum atomic E-state index is 0.534. The van der Waals surface area contributed by atoms with Gasteiger partial charge in [-0.15, -0.1) is 0 Å². The molecule has 2 aromatic heterocycles.